The van der Waals surface area contributed by atoms with Gasteiger partial charge in [-0.25, -0.2) is 9.18 Å². The van der Waals surface area contributed by atoms with Crippen molar-refractivity contribution in [2.75, 3.05) is 0 Å². The third-order valence-electron chi connectivity index (χ3n) is 7.69. The highest BCUT2D eigenvalue weighted by Gasteiger charge is 2.27. The molecule has 38 heavy (non-hydrogen) atoms. The van der Waals surface area contributed by atoms with E-state index >= 15 is 4.39 Å². The highest BCUT2D eigenvalue weighted by atomic mass is 19.1. The first-order chi connectivity index (χ1) is 18.3. The van der Waals surface area contributed by atoms with Gasteiger partial charge >= 0.3 is 5.69 Å². The number of hydrogen-bond donors (Lipinski definition) is 1. The summed E-state index contributed by atoms with van der Waals surface area (Å²) in [6, 6.07) is 12.5. The van der Waals surface area contributed by atoms with Gasteiger partial charge in [0.1, 0.15) is 23.1 Å². The van der Waals surface area contributed by atoms with E-state index in [1.165, 1.54) is 23.1 Å². The predicted molar refractivity (Wildman–Crippen MR) is 146 cm³/mol. The summed E-state index contributed by atoms with van der Waals surface area (Å²) >= 11 is 0. The van der Waals surface area contributed by atoms with E-state index in [1.807, 2.05) is 51.1 Å². The lowest BCUT2D eigenvalue weighted by Crippen LogP contribution is -2.36. The number of aryl methyl sites for hydroxylation is 1. The molecule has 1 heterocycles. The molecule has 2 atom stereocenters. The standard InChI is InChI=1S/C30H39FN4O3/c1-5-23(17-21-13-9-7-10-14-21)32-29(36)24-18-25(31)26(35-30(37)34(4)28(6-2)33-35)19-27(24)38-20(3)22-15-11-8-12-16-22/h7,9-10,13-14,18-20,22-23H,5-6,8,11-12,15-17H2,1-4H3,(H,32,36). The van der Waals surface area contributed by atoms with Gasteiger partial charge < -0.3 is 10.1 Å². The van der Waals surface area contributed by atoms with Crippen LogP contribution in [0.25, 0.3) is 5.69 Å². The van der Waals surface area contributed by atoms with Crippen LogP contribution in [0.3, 0.4) is 0 Å². The Morgan fingerprint density at radius 3 is 2.50 bits per heavy atom. The topological polar surface area (TPSA) is 78.2 Å². The summed E-state index contributed by atoms with van der Waals surface area (Å²) < 4.78 is 24.4. The zero-order valence-electron chi connectivity index (χ0n) is 22.9. The second-order valence-electron chi connectivity index (χ2n) is 10.3. The van der Waals surface area contributed by atoms with Gasteiger partial charge in [-0.15, -0.1) is 5.10 Å². The first-order valence-corrected chi connectivity index (χ1v) is 13.8. The lowest BCUT2D eigenvalue weighted by atomic mass is 9.86. The Labute approximate surface area is 224 Å². The summed E-state index contributed by atoms with van der Waals surface area (Å²) in [5.41, 5.74) is 0.770. The second-order valence-corrected chi connectivity index (χ2v) is 10.3. The molecule has 3 aromatic rings. The van der Waals surface area contributed by atoms with Crippen molar-refractivity contribution in [2.45, 2.75) is 84.3 Å². The van der Waals surface area contributed by atoms with Crippen molar-refractivity contribution < 1.29 is 13.9 Å². The summed E-state index contributed by atoms with van der Waals surface area (Å²) in [5, 5.41) is 7.39. The normalized spacial score (nSPS) is 15.7. The Morgan fingerprint density at radius 1 is 1.16 bits per heavy atom. The monoisotopic (exact) mass is 522 g/mol. The molecule has 2 unspecified atom stereocenters. The van der Waals surface area contributed by atoms with Crippen LogP contribution in [0.5, 0.6) is 5.75 Å². The molecular weight excluding hydrogens is 483 g/mol. The van der Waals surface area contributed by atoms with Gasteiger partial charge in [0.05, 0.1) is 11.7 Å². The summed E-state index contributed by atoms with van der Waals surface area (Å²) in [6.45, 7) is 5.90. The average molecular weight is 523 g/mol. The number of ether oxygens (including phenoxy) is 1. The van der Waals surface area contributed by atoms with E-state index < -0.39 is 17.4 Å². The minimum Gasteiger partial charge on any atom is -0.490 e. The number of carbonyl (C=O) groups is 1. The average Bonchev–Trinajstić information content (AvgIpc) is 3.22. The van der Waals surface area contributed by atoms with Crippen LogP contribution in [0.1, 0.15) is 81.0 Å². The van der Waals surface area contributed by atoms with E-state index in [-0.39, 0.29) is 29.1 Å². The summed E-state index contributed by atoms with van der Waals surface area (Å²) in [6.07, 6.45) is 7.42. The molecule has 1 N–H and O–H groups in total. The van der Waals surface area contributed by atoms with Crippen molar-refractivity contribution in [1.82, 2.24) is 19.7 Å². The maximum atomic E-state index is 15.5. The van der Waals surface area contributed by atoms with Crippen molar-refractivity contribution in [2.24, 2.45) is 13.0 Å². The molecule has 1 fully saturated rings. The highest BCUT2D eigenvalue weighted by molar-refractivity contribution is 5.97. The molecule has 1 amide bonds. The van der Waals surface area contributed by atoms with Gasteiger partial charge in [-0.3, -0.25) is 9.36 Å². The number of amides is 1. The van der Waals surface area contributed by atoms with Crippen LogP contribution in [0.15, 0.2) is 47.3 Å². The van der Waals surface area contributed by atoms with Gasteiger partial charge in [0.25, 0.3) is 5.91 Å². The first-order valence-electron chi connectivity index (χ1n) is 13.8. The third kappa shape index (κ3) is 6.17. The van der Waals surface area contributed by atoms with Gasteiger partial charge in [0.15, 0.2) is 0 Å². The minimum absolute atomic E-state index is 0.0241. The lowest BCUT2D eigenvalue weighted by Gasteiger charge is -2.29. The maximum absolute atomic E-state index is 15.5. The van der Waals surface area contributed by atoms with Crippen LogP contribution in [-0.2, 0) is 19.9 Å². The maximum Gasteiger partial charge on any atom is 0.350 e. The molecule has 0 radical (unpaired) electrons. The molecule has 4 rings (SSSR count). The van der Waals surface area contributed by atoms with E-state index in [2.05, 4.69) is 10.4 Å². The molecule has 1 aliphatic rings. The van der Waals surface area contributed by atoms with Crippen LogP contribution in [0, 0.1) is 11.7 Å². The van der Waals surface area contributed by atoms with Crippen LogP contribution >= 0.6 is 0 Å². The largest absolute Gasteiger partial charge is 0.490 e. The molecule has 1 saturated carbocycles. The van der Waals surface area contributed by atoms with E-state index in [4.69, 9.17) is 4.74 Å². The summed E-state index contributed by atoms with van der Waals surface area (Å²) in [4.78, 5) is 26.3. The predicted octanol–water partition coefficient (Wildman–Crippen LogP) is 5.37. The highest BCUT2D eigenvalue weighted by Crippen LogP contribution is 2.32. The fraction of sp³-hybridized carbons (Fsp3) is 0.500. The number of aromatic nitrogens is 3. The van der Waals surface area contributed by atoms with Crippen LogP contribution in [0.4, 0.5) is 4.39 Å². The second kappa shape index (κ2) is 12.4. The number of rotatable bonds is 10. The molecule has 0 bridgehead atoms. The minimum atomic E-state index is -0.702. The van der Waals surface area contributed by atoms with Crippen LogP contribution in [0.2, 0.25) is 0 Å². The van der Waals surface area contributed by atoms with Gasteiger partial charge in [-0.1, -0.05) is 63.4 Å². The van der Waals surface area contributed by atoms with Gasteiger partial charge in [-0.05, 0) is 50.2 Å². The van der Waals surface area contributed by atoms with Crippen LogP contribution in [-0.4, -0.2) is 32.4 Å². The fourth-order valence-electron chi connectivity index (χ4n) is 5.28. The van der Waals surface area contributed by atoms with E-state index in [0.29, 0.717) is 24.6 Å². The summed E-state index contributed by atoms with van der Waals surface area (Å²) in [7, 11) is 1.62. The lowest BCUT2D eigenvalue weighted by molar-refractivity contribution is 0.0915. The molecule has 204 valence electrons. The number of nitrogens with one attached hydrogen (secondary N) is 1. The van der Waals surface area contributed by atoms with Gasteiger partial charge in [-0.2, -0.15) is 4.68 Å². The molecule has 1 aromatic heterocycles. The molecule has 7 nitrogen and oxygen atoms in total. The Morgan fingerprint density at radius 2 is 1.87 bits per heavy atom. The first kappa shape index (κ1) is 27.6. The van der Waals surface area contributed by atoms with Gasteiger partial charge in [0, 0.05) is 25.6 Å². The zero-order valence-corrected chi connectivity index (χ0v) is 22.9. The van der Waals surface area contributed by atoms with E-state index in [0.717, 1.165) is 42.3 Å². The molecule has 0 aliphatic heterocycles. The Kier molecular flexibility index (Phi) is 9.02. The quantitative estimate of drug-likeness (QED) is 0.388. The molecule has 2 aromatic carbocycles. The number of carbonyl (C=O) groups excluding carboxylic acids is 1. The Bertz CT molecular complexity index is 1290. The smallest absolute Gasteiger partial charge is 0.350 e. The van der Waals surface area contributed by atoms with E-state index in [9.17, 15) is 9.59 Å². The van der Waals surface area contributed by atoms with Crippen molar-refractivity contribution in [3.05, 3.63) is 75.7 Å². The van der Waals surface area contributed by atoms with Crippen molar-refractivity contribution in [3.8, 4) is 11.4 Å². The molecule has 8 heteroatoms. The Hall–Kier alpha value is -3.42. The number of hydrogen-bond acceptors (Lipinski definition) is 4. The molecule has 1 aliphatic carbocycles. The summed E-state index contributed by atoms with van der Waals surface area (Å²) in [5.74, 6) is 0.0699. The SMILES string of the molecule is CCc1nn(-c2cc(OC(C)C3CCCCC3)c(C(=O)NC(CC)Cc3ccccc3)cc2F)c(=O)n1C. The Balaban J connectivity index is 1.68. The van der Waals surface area contributed by atoms with Crippen molar-refractivity contribution in [3.63, 3.8) is 0 Å². The van der Waals surface area contributed by atoms with Crippen LogP contribution < -0.4 is 15.7 Å². The van der Waals surface area contributed by atoms with Gasteiger partial charge in [0.2, 0.25) is 0 Å². The number of benzene rings is 2. The number of halogens is 1. The zero-order chi connectivity index (χ0) is 27.2. The third-order valence-corrected chi connectivity index (χ3v) is 7.69. The van der Waals surface area contributed by atoms with Crippen molar-refractivity contribution in [1.29, 1.82) is 0 Å². The fourth-order valence-corrected chi connectivity index (χ4v) is 5.28. The molecular formula is C30H39FN4O3. The molecule has 0 spiro atoms. The van der Waals surface area contributed by atoms with E-state index in [1.54, 1.807) is 7.05 Å². The molecule has 0 saturated heterocycles. The van der Waals surface area contributed by atoms with Crippen molar-refractivity contribution >= 4 is 5.91 Å². The number of nitrogens with zero attached hydrogens (tertiary/aromatic N) is 3.